The van der Waals surface area contributed by atoms with Crippen molar-refractivity contribution in [2.24, 2.45) is 0 Å². The Labute approximate surface area is 204 Å². The Bertz CT molecular complexity index is 962. The highest BCUT2D eigenvalue weighted by molar-refractivity contribution is 7.10. The molecule has 2 aromatic carbocycles. The van der Waals surface area contributed by atoms with Gasteiger partial charge in [0.05, 0.1) is 0 Å². The maximum atomic E-state index is 6.50. The smallest absolute Gasteiger partial charge is 0.133 e. The molecule has 0 amide bonds. The summed E-state index contributed by atoms with van der Waals surface area (Å²) in [4.78, 5) is 6.35. The molecule has 33 heavy (non-hydrogen) atoms. The summed E-state index contributed by atoms with van der Waals surface area (Å²) in [6.07, 6.45) is 5.90. The molecule has 4 rings (SSSR count). The van der Waals surface area contributed by atoms with E-state index in [1.165, 1.54) is 28.8 Å². The molecule has 1 atom stereocenters. The zero-order valence-corrected chi connectivity index (χ0v) is 21.2. The number of benzene rings is 2. The Hall–Kier alpha value is -2.14. The first-order chi connectivity index (χ1) is 16.1. The average Bonchev–Trinajstić information content (AvgIpc) is 3.38. The number of ether oxygens (including phenoxy) is 1. The lowest BCUT2D eigenvalue weighted by Crippen LogP contribution is -2.50. The third kappa shape index (κ3) is 5.87. The highest BCUT2D eigenvalue weighted by Gasteiger charge is 2.37. The molecule has 1 aromatic heterocycles. The second-order valence-electron chi connectivity index (χ2n) is 9.48. The molecule has 0 aliphatic carbocycles. The Morgan fingerprint density at radius 1 is 1.00 bits per heavy atom. The van der Waals surface area contributed by atoms with Gasteiger partial charge in [-0.05, 0) is 74.5 Å². The van der Waals surface area contributed by atoms with E-state index < -0.39 is 0 Å². The number of hydrogen-bond acceptors (Lipinski definition) is 4. The van der Waals surface area contributed by atoms with Crippen molar-refractivity contribution in [3.8, 4) is 5.75 Å². The molecule has 3 aromatic rings. The van der Waals surface area contributed by atoms with Crippen molar-refractivity contribution in [1.29, 1.82) is 0 Å². The van der Waals surface area contributed by atoms with Gasteiger partial charge in [0.15, 0.2) is 0 Å². The summed E-state index contributed by atoms with van der Waals surface area (Å²) in [5.74, 6) is 0.992. The molecule has 3 nitrogen and oxygen atoms in total. The van der Waals surface area contributed by atoms with Crippen LogP contribution >= 0.6 is 11.3 Å². The number of thiophene rings is 1. The van der Waals surface area contributed by atoms with Crippen molar-refractivity contribution in [3.05, 3.63) is 88.1 Å². The van der Waals surface area contributed by atoms with Gasteiger partial charge in [-0.3, -0.25) is 9.80 Å². The number of unbranched alkanes of at least 4 members (excludes halogenated alkanes) is 1. The highest BCUT2D eigenvalue weighted by atomic mass is 32.1. The van der Waals surface area contributed by atoms with Gasteiger partial charge in [-0.25, -0.2) is 0 Å². The zero-order chi connectivity index (χ0) is 23.1. The van der Waals surface area contributed by atoms with E-state index in [9.17, 15) is 0 Å². The second kappa shape index (κ2) is 11.3. The van der Waals surface area contributed by atoms with Crippen LogP contribution in [0.15, 0.2) is 72.1 Å². The summed E-state index contributed by atoms with van der Waals surface area (Å²) in [5, 5.41) is 2.15. The fraction of sp³-hybridized carbons (Fsp3) is 0.448. The van der Waals surface area contributed by atoms with Gasteiger partial charge in [0.25, 0.3) is 0 Å². The summed E-state index contributed by atoms with van der Waals surface area (Å²) in [7, 11) is 4.46. The van der Waals surface area contributed by atoms with Gasteiger partial charge in [-0.15, -0.1) is 11.3 Å². The van der Waals surface area contributed by atoms with E-state index in [2.05, 4.69) is 103 Å². The molecule has 1 aliphatic heterocycles. The van der Waals surface area contributed by atoms with Crippen LogP contribution in [0.1, 0.15) is 61.1 Å². The molecule has 0 saturated carbocycles. The van der Waals surface area contributed by atoms with Gasteiger partial charge < -0.3 is 4.74 Å². The molecule has 2 heterocycles. The van der Waals surface area contributed by atoms with Crippen LogP contribution in [-0.4, -0.2) is 37.0 Å². The lowest BCUT2D eigenvalue weighted by molar-refractivity contribution is 0.0507. The summed E-state index contributed by atoms with van der Waals surface area (Å²) >= 11 is 1.80. The van der Waals surface area contributed by atoms with Gasteiger partial charge >= 0.3 is 0 Å². The van der Waals surface area contributed by atoms with Crippen LogP contribution in [0.25, 0.3) is 0 Å². The van der Waals surface area contributed by atoms with Crippen molar-refractivity contribution in [2.75, 3.05) is 27.2 Å². The average molecular weight is 463 g/mol. The number of rotatable bonds is 10. The molecule has 4 heteroatoms. The molecular weight excluding hydrogens is 424 g/mol. The van der Waals surface area contributed by atoms with Gasteiger partial charge in [0.1, 0.15) is 11.9 Å². The maximum Gasteiger partial charge on any atom is 0.133 e. The minimum atomic E-state index is 0.135. The Kier molecular flexibility index (Phi) is 8.24. The Morgan fingerprint density at radius 3 is 2.45 bits per heavy atom. The fourth-order valence-electron chi connectivity index (χ4n) is 5.09. The summed E-state index contributed by atoms with van der Waals surface area (Å²) < 4.78 is 6.50. The largest absolute Gasteiger partial charge is 0.485 e. The van der Waals surface area contributed by atoms with Crippen molar-refractivity contribution >= 4 is 11.3 Å². The molecule has 1 aliphatic rings. The predicted molar refractivity (Wildman–Crippen MR) is 140 cm³/mol. The SMILES string of the molecule is CCCCC(Oc1cccc(CN2CCC(c3ccccc3)(N(C)C)CC2)c1)c1cccs1. The number of piperidine rings is 1. The van der Waals surface area contributed by atoms with E-state index in [1.807, 2.05) is 0 Å². The van der Waals surface area contributed by atoms with E-state index >= 15 is 0 Å². The van der Waals surface area contributed by atoms with Crippen molar-refractivity contribution in [1.82, 2.24) is 9.80 Å². The van der Waals surface area contributed by atoms with Crippen molar-refractivity contribution < 1.29 is 4.74 Å². The minimum absolute atomic E-state index is 0.135. The second-order valence-corrected chi connectivity index (χ2v) is 10.5. The first-order valence-corrected chi connectivity index (χ1v) is 13.2. The van der Waals surface area contributed by atoms with Crippen LogP contribution in [0.5, 0.6) is 5.75 Å². The van der Waals surface area contributed by atoms with Crippen LogP contribution in [0.4, 0.5) is 0 Å². The molecule has 1 saturated heterocycles. The zero-order valence-electron chi connectivity index (χ0n) is 20.4. The quantitative estimate of drug-likeness (QED) is 0.319. The number of likely N-dealkylation sites (tertiary alicyclic amines) is 1. The topological polar surface area (TPSA) is 15.7 Å². The van der Waals surface area contributed by atoms with Gasteiger partial charge in [-0.1, -0.05) is 61.9 Å². The standard InChI is InChI=1S/C29H38N2OS/c1-4-5-15-27(28-16-10-21-33-28)32-26-14-9-11-24(22-26)23-31-19-17-29(18-20-31,30(2)3)25-12-7-6-8-13-25/h6-14,16,21-22,27H,4-5,15,17-20,23H2,1-3H3. The highest BCUT2D eigenvalue weighted by Crippen LogP contribution is 2.38. The maximum absolute atomic E-state index is 6.50. The van der Waals surface area contributed by atoms with Crippen LogP contribution in [-0.2, 0) is 12.1 Å². The Balaban J connectivity index is 1.40. The molecule has 176 valence electrons. The third-order valence-corrected chi connectivity index (χ3v) is 8.08. The van der Waals surface area contributed by atoms with Crippen LogP contribution in [0, 0.1) is 0 Å². The molecular formula is C29H38N2OS. The lowest BCUT2D eigenvalue weighted by Gasteiger charge is -2.46. The molecule has 1 unspecified atom stereocenters. The van der Waals surface area contributed by atoms with E-state index in [1.54, 1.807) is 11.3 Å². The van der Waals surface area contributed by atoms with Crippen LogP contribution in [0.3, 0.4) is 0 Å². The minimum Gasteiger partial charge on any atom is -0.485 e. The monoisotopic (exact) mass is 462 g/mol. The fourth-order valence-corrected chi connectivity index (χ4v) is 5.88. The summed E-state index contributed by atoms with van der Waals surface area (Å²) in [5.41, 5.74) is 2.91. The van der Waals surface area contributed by atoms with Crippen molar-refractivity contribution in [3.63, 3.8) is 0 Å². The van der Waals surface area contributed by atoms with Gasteiger partial charge in [0, 0.05) is 30.1 Å². The Morgan fingerprint density at radius 2 is 1.79 bits per heavy atom. The summed E-state index contributed by atoms with van der Waals surface area (Å²) in [6, 6.07) is 24.1. The first kappa shape index (κ1) is 24.0. The van der Waals surface area contributed by atoms with Gasteiger partial charge in [0.2, 0.25) is 0 Å². The molecule has 0 spiro atoms. The normalized spacial score (nSPS) is 17.2. The van der Waals surface area contributed by atoms with E-state index in [-0.39, 0.29) is 11.6 Å². The molecule has 0 N–H and O–H groups in total. The van der Waals surface area contributed by atoms with E-state index in [0.717, 1.165) is 44.6 Å². The predicted octanol–water partition coefficient (Wildman–Crippen LogP) is 7.11. The van der Waals surface area contributed by atoms with E-state index in [0.29, 0.717) is 0 Å². The number of hydrogen-bond donors (Lipinski definition) is 0. The van der Waals surface area contributed by atoms with Crippen LogP contribution < -0.4 is 4.74 Å². The molecule has 1 fully saturated rings. The lowest BCUT2D eigenvalue weighted by atomic mass is 9.79. The molecule has 0 radical (unpaired) electrons. The first-order valence-electron chi connectivity index (χ1n) is 12.3. The van der Waals surface area contributed by atoms with Crippen molar-refractivity contribution in [2.45, 2.75) is 57.2 Å². The molecule has 0 bridgehead atoms. The summed E-state index contributed by atoms with van der Waals surface area (Å²) in [6.45, 7) is 5.43. The van der Waals surface area contributed by atoms with Crippen LogP contribution in [0.2, 0.25) is 0 Å². The number of nitrogens with zero attached hydrogens (tertiary/aromatic N) is 2. The third-order valence-electron chi connectivity index (χ3n) is 7.11. The van der Waals surface area contributed by atoms with E-state index in [4.69, 9.17) is 4.74 Å². The van der Waals surface area contributed by atoms with Gasteiger partial charge in [-0.2, -0.15) is 0 Å².